The van der Waals surface area contributed by atoms with Crippen molar-refractivity contribution in [2.75, 3.05) is 22.1 Å². The van der Waals surface area contributed by atoms with Crippen LogP contribution < -0.4 is 10.6 Å². The van der Waals surface area contributed by atoms with Crippen LogP contribution in [-0.2, 0) is 9.47 Å². The first-order valence-corrected chi connectivity index (χ1v) is 25.1. The van der Waals surface area contributed by atoms with Gasteiger partial charge in [0, 0.05) is 35.4 Å². The molecule has 5 heterocycles. The van der Waals surface area contributed by atoms with Gasteiger partial charge in [0.1, 0.15) is 48.7 Å². The van der Waals surface area contributed by atoms with Crippen LogP contribution in [0.4, 0.5) is 11.6 Å². The summed E-state index contributed by atoms with van der Waals surface area (Å²) in [6, 6.07) is 20.5. The number of fused-ring (bicyclic) bond motifs is 3. The number of aromatic nitrogens is 10. The summed E-state index contributed by atoms with van der Waals surface area (Å²) in [6.45, 7) is 7.96. The molecule has 6 aromatic rings. The van der Waals surface area contributed by atoms with Crippen molar-refractivity contribution in [3.05, 3.63) is 96.1 Å². The van der Waals surface area contributed by atoms with Gasteiger partial charge in [0.2, 0.25) is 0 Å². The Morgan fingerprint density at radius 3 is 1.61 bits per heavy atom. The second kappa shape index (κ2) is 19.1. The van der Waals surface area contributed by atoms with Crippen molar-refractivity contribution in [2.45, 2.75) is 142 Å². The van der Waals surface area contributed by atoms with Gasteiger partial charge in [0.25, 0.3) is 0 Å². The smallest absolute Gasteiger partial charge is 0.191 e. The van der Waals surface area contributed by atoms with Crippen LogP contribution in [0.2, 0.25) is 0 Å². The average molecular weight is 949 g/mol. The number of hydrogen-bond acceptors (Lipinski definition) is 18. The van der Waals surface area contributed by atoms with Crippen LogP contribution in [0.3, 0.4) is 0 Å². The lowest BCUT2D eigenvalue weighted by atomic mass is 9.94. The van der Waals surface area contributed by atoms with E-state index in [-0.39, 0.29) is 12.1 Å². The summed E-state index contributed by atoms with van der Waals surface area (Å²) in [6.07, 6.45) is 5.51. The van der Waals surface area contributed by atoms with Gasteiger partial charge < -0.3 is 40.5 Å². The minimum absolute atomic E-state index is 0.252. The zero-order chi connectivity index (χ0) is 46.4. The van der Waals surface area contributed by atoms with Crippen LogP contribution in [0.1, 0.15) is 88.4 Å². The number of thioether (sulfide) groups is 2. The summed E-state index contributed by atoms with van der Waals surface area (Å²) < 4.78 is 15.4. The molecule has 6 N–H and O–H groups in total. The van der Waals surface area contributed by atoms with Crippen molar-refractivity contribution < 1.29 is 29.9 Å². The number of anilines is 2. The minimum Gasteiger partial charge on any atom is -0.388 e. The van der Waals surface area contributed by atoms with Crippen molar-refractivity contribution in [1.29, 1.82) is 0 Å². The summed E-state index contributed by atoms with van der Waals surface area (Å²) >= 11 is 3.18. The molecule has 352 valence electrons. The van der Waals surface area contributed by atoms with E-state index >= 15 is 0 Å². The van der Waals surface area contributed by atoms with E-state index < -0.39 is 48.5 Å². The third kappa shape index (κ3) is 9.54. The molecule has 0 spiro atoms. The second-order valence-electron chi connectivity index (χ2n) is 18.1. The van der Waals surface area contributed by atoms with E-state index in [0.717, 1.165) is 37.2 Å². The van der Waals surface area contributed by atoms with Gasteiger partial charge in [-0.2, -0.15) is 0 Å². The number of nitrogens with one attached hydrogen (secondary N) is 2. The number of aliphatic hydroxyl groups excluding tert-OH is 4. The lowest BCUT2D eigenvalue weighted by Gasteiger charge is -2.30. The van der Waals surface area contributed by atoms with Gasteiger partial charge in [-0.15, -0.1) is 10.2 Å². The highest BCUT2D eigenvalue weighted by atomic mass is 32.2. The molecule has 0 unspecified atom stereocenters. The number of nitrogens with zero attached hydrogens (tertiary/aromatic N) is 10. The molecule has 3 fully saturated rings. The fourth-order valence-electron chi connectivity index (χ4n) is 9.03. The zero-order valence-electron chi connectivity index (χ0n) is 37.6. The zero-order valence-corrected chi connectivity index (χ0v) is 39.3. The molecule has 0 bridgehead atoms. The molecule has 12 atom stereocenters. The standard InChI is InChI=1S/C25H30N6O3S.C22H26N6O3S/c1-4-12-35-24-27-22(26-16-13-15(16)14-8-6-5-7-9-14)19-23(28-24)31(30-29-19)17-10-11-18(32)21-20(17)33-25(2,3)34-21;1-2-10-32-22-24-20(23-14-11-13(14)12-6-4-3-5-7-12)17-21(25-22)28(27-26-17)15-8-9-16(29)19(31)18(15)30/h5-11,15-18,20-21,32H,4,12-13H2,1-3H3,(H,26,27,28);3-9,13-16,18-19,29-31H,2,10-11H2,1H3,(H,23,24,25)/t15-,16+,17+,18-,20-,21+;13-,14+,15+,16-,18-,19+/m00/s1. The Bertz CT molecular complexity index is 2740. The Hall–Kier alpha value is -5.06. The predicted molar refractivity (Wildman–Crippen MR) is 255 cm³/mol. The van der Waals surface area contributed by atoms with Gasteiger partial charge >= 0.3 is 0 Å². The molecule has 1 saturated heterocycles. The van der Waals surface area contributed by atoms with Crippen LogP contribution in [0.5, 0.6) is 0 Å². The van der Waals surface area contributed by atoms with E-state index in [1.165, 1.54) is 21.9 Å². The average Bonchev–Trinajstić information content (AvgIpc) is 4.14. The number of hydrogen-bond donors (Lipinski definition) is 6. The predicted octanol–water partition coefficient (Wildman–Crippen LogP) is 5.57. The molecule has 11 rings (SSSR count). The van der Waals surface area contributed by atoms with E-state index in [9.17, 15) is 20.4 Å². The molecular formula is C47H56N12O6S2. The maximum atomic E-state index is 10.5. The SMILES string of the molecule is CCCSc1nc(N[C@@H]2C[C@H]2c2ccccc2)c2nnn([C@@H]3C=C[C@H](O)[C@@H](O)[C@H]3O)c2n1.CCCSc1nc(N[C@@H]2C[C@H]2c2ccccc2)c2nnn([C@@H]3C=C[C@H](O)[C@H]4OC(C)(C)O[C@H]43)c2n1. The molecule has 2 aromatic carbocycles. The van der Waals surface area contributed by atoms with Crippen molar-refractivity contribution >= 4 is 57.5 Å². The Kier molecular flexibility index (Phi) is 13.1. The van der Waals surface area contributed by atoms with Crippen molar-refractivity contribution in [3.63, 3.8) is 0 Å². The van der Waals surface area contributed by atoms with Gasteiger partial charge in [-0.3, -0.25) is 0 Å². The highest BCUT2D eigenvalue weighted by Gasteiger charge is 2.50. The van der Waals surface area contributed by atoms with Crippen molar-refractivity contribution in [1.82, 2.24) is 49.9 Å². The minimum atomic E-state index is -1.31. The Morgan fingerprint density at radius 1 is 0.612 bits per heavy atom. The Balaban J connectivity index is 0.000000157. The first kappa shape index (κ1) is 45.7. The highest BCUT2D eigenvalue weighted by molar-refractivity contribution is 7.99. The van der Waals surface area contributed by atoms with Crippen LogP contribution in [0.15, 0.2) is 95.3 Å². The molecular weight excluding hydrogens is 893 g/mol. The highest BCUT2D eigenvalue weighted by Crippen LogP contribution is 2.45. The monoisotopic (exact) mass is 948 g/mol. The van der Waals surface area contributed by atoms with Gasteiger partial charge in [-0.1, -0.05) is 133 Å². The molecule has 18 nitrogen and oxygen atoms in total. The quantitative estimate of drug-likeness (QED) is 0.0445. The maximum Gasteiger partial charge on any atom is 0.191 e. The van der Waals surface area contributed by atoms with E-state index in [1.54, 1.807) is 40.4 Å². The maximum absolute atomic E-state index is 10.5. The summed E-state index contributed by atoms with van der Waals surface area (Å²) in [5.41, 5.74) is 4.91. The lowest BCUT2D eigenvalue weighted by Crippen LogP contribution is -2.44. The van der Waals surface area contributed by atoms with Gasteiger partial charge in [-0.25, -0.2) is 29.3 Å². The lowest BCUT2D eigenvalue weighted by molar-refractivity contribution is -0.153. The molecule has 4 aliphatic carbocycles. The normalized spacial score (nSPS) is 30.2. The largest absolute Gasteiger partial charge is 0.388 e. The summed E-state index contributed by atoms with van der Waals surface area (Å²) in [7, 11) is 0. The van der Waals surface area contributed by atoms with Gasteiger partial charge in [0.05, 0.1) is 0 Å². The van der Waals surface area contributed by atoms with Crippen LogP contribution in [0.25, 0.3) is 22.3 Å². The van der Waals surface area contributed by atoms with Crippen molar-refractivity contribution in [3.8, 4) is 0 Å². The molecule has 0 amide bonds. The fraction of sp³-hybridized carbons (Fsp3) is 0.489. The topological polar surface area (TPSA) is 236 Å². The van der Waals surface area contributed by atoms with E-state index in [2.05, 4.69) is 86.5 Å². The third-order valence-corrected chi connectivity index (χ3v) is 14.7. The van der Waals surface area contributed by atoms with E-state index in [4.69, 9.17) is 24.4 Å². The number of aliphatic hydroxyl groups is 4. The first-order chi connectivity index (χ1) is 32.5. The van der Waals surface area contributed by atoms with Crippen LogP contribution in [0, 0.1) is 0 Å². The molecule has 1 aliphatic heterocycles. The van der Waals surface area contributed by atoms with Gasteiger partial charge in [-0.05, 0) is 50.7 Å². The Morgan fingerprint density at radius 2 is 1.09 bits per heavy atom. The summed E-state index contributed by atoms with van der Waals surface area (Å²) in [5, 5.41) is 66.9. The summed E-state index contributed by atoms with van der Waals surface area (Å²) in [4.78, 5) is 19.0. The molecule has 67 heavy (non-hydrogen) atoms. The van der Waals surface area contributed by atoms with Crippen LogP contribution in [-0.4, -0.2) is 136 Å². The van der Waals surface area contributed by atoms with Crippen molar-refractivity contribution in [2.24, 2.45) is 0 Å². The summed E-state index contributed by atoms with van der Waals surface area (Å²) in [5.74, 6) is 3.22. The van der Waals surface area contributed by atoms with E-state index in [1.807, 2.05) is 44.2 Å². The Labute approximate surface area is 396 Å². The molecule has 5 aliphatic rings. The fourth-order valence-corrected chi connectivity index (χ4v) is 10.4. The number of ether oxygens (including phenoxy) is 2. The van der Waals surface area contributed by atoms with Gasteiger partial charge in [0.15, 0.2) is 50.1 Å². The van der Waals surface area contributed by atoms with Crippen LogP contribution >= 0.6 is 23.5 Å². The first-order valence-electron chi connectivity index (χ1n) is 23.1. The molecule has 2 saturated carbocycles. The second-order valence-corrected chi connectivity index (χ2v) is 20.2. The molecule has 20 heteroatoms. The van der Waals surface area contributed by atoms with E-state index in [0.29, 0.717) is 62.2 Å². The molecule has 0 radical (unpaired) electrons. The number of rotatable bonds is 14. The number of benzene rings is 2. The third-order valence-electron chi connectivity index (χ3n) is 12.6. The molecule has 4 aromatic heterocycles.